The van der Waals surface area contributed by atoms with Gasteiger partial charge in [0.25, 0.3) is 5.91 Å². The van der Waals surface area contributed by atoms with Gasteiger partial charge in [-0.1, -0.05) is 0 Å². The van der Waals surface area contributed by atoms with Crippen LogP contribution in [-0.2, 0) is 0 Å². The highest BCUT2D eigenvalue weighted by atomic mass is 32.1. The molecule has 0 spiro atoms. The van der Waals surface area contributed by atoms with Gasteiger partial charge in [0, 0.05) is 17.0 Å². The summed E-state index contributed by atoms with van der Waals surface area (Å²) in [4.78, 5) is 16.6. The van der Waals surface area contributed by atoms with Gasteiger partial charge in [-0.3, -0.25) is 10.1 Å². The SMILES string of the molecule is COc1ccc(C(=O)Nc2nc(-c3ccc(OC)c(F)c3)cs2)c(O)c1. The van der Waals surface area contributed by atoms with Gasteiger partial charge < -0.3 is 14.6 Å². The fraction of sp³-hybridized carbons (Fsp3) is 0.111. The number of aromatic hydroxyl groups is 1. The van der Waals surface area contributed by atoms with Crippen LogP contribution in [0.4, 0.5) is 9.52 Å². The molecule has 0 unspecified atom stereocenters. The van der Waals surface area contributed by atoms with Crippen molar-refractivity contribution < 1.29 is 23.8 Å². The molecule has 0 aliphatic carbocycles. The van der Waals surface area contributed by atoms with Crippen molar-refractivity contribution in [1.29, 1.82) is 0 Å². The number of hydrogen-bond donors (Lipinski definition) is 2. The predicted molar refractivity (Wildman–Crippen MR) is 96.7 cm³/mol. The minimum Gasteiger partial charge on any atom is -0.507 e. The average Bonchev–Trinajstić information content (AvgIpc) is 3.09. The smallest absolute Gasteiger partial charge is 0.261 e. The molecule has 0 aliphatic rings. The molecule has 0 saturated carbocycles. The largest absolute Gasteiger partial charge is 0.507 e. The maximum Gasteiger partial charge on any atom is 0.261 e. The summed E-state index contributed by atoms with van der Waals surface area (Å²) < 4.78 is 23.7. The zero-order valence-corrected chi connectivity index (χ0v) is 14.8. The van der Waals surface area contributed by atoms with Crippen LogP contribution in [0.25, 0.3) is 11.3 Å². The van der Waals surface area contributed by atoms with Gasteiger partial charge in [-0.05, 0) is 30.3 Å². The first-order chi connectivity index (χ1) is 12.5. The Morgan fingerprint density at radius 3 is 2.65 bits per heavy atom. The highest BCUT2D eigenvalue weighted by Gasteiger charge is 2.15. The van der Waals surface area contributed by atoms with Gasteiger partial charge >= 0.3 is 0 Å². The van der Waals surface area contributed by atoms with E-state index in [0.29, 0.717) is 22.1 Å². The number of rotatable bonds is 5. The summed E-state index contributed by atoms with van der Waals surface area (Å²) in [7, 11) is 2.86. The van der Waals surface area contributed by atoms with Crippen molar-refractivity contribution in [3.63, 3.8) is 0 Å². The van der Waals surface area contributed by atoms with Crippen LogP contribution in [0.1, 0.15) is 10.4 Å². The van der Waals surface area contributed by atoms with Gasteiger partial charge in [0.05, 0.1) is 25.5 Å². The fourth-order valence-electron chi connectivity index (χ4n) is 2.28. The lowest BCUT2D eigenvalue weighted by Crippen LogP contribution is -2.11. The number of nitrogens with zero attached hydrogens (tertiary/aromatic N) is 1. The molecule has 8 heteroatoms. The molecule has 26 heavy (non-hydrogen) atoms. The van der Waals surface area contributed by atoms with Crippen molar-refractivity contribution in [2.75, 3.05) is 19.5 Å². The number of carbonyl (C=O) groups excluding carboxylic acids is 1. The molecule has 0 saturated heterocycles. The quantitative estimate of drug-likeness (QED) is 0.707. The number of thiazole rings is 1. The molecule has 3 aromatic rings. The molecule has 2 aromatic carbocycles. The summed E-state index contributed by atoms with van der Waals surface area (Å²) in [5, 5.41) is 14.6. The molecule has 2 N–H and O–H groups in total. The molecule has 1 heterocycles. The highest BCUT2D eigenvalue weighted by molar-refractivity contribution is 7.14. The van der Waals surface area contributed by atoms with Gasteiger partial charge in [-0.2, -0.15) is 0 Å². The number of nitrogens with one attached hydrogen (secondary N) is 1. The summed E-state index contributed by atoms with van der Waals surface area (Å²) in [6, 6.07) is 8.88. The van der Waals surface area contributed by atoms with Crippen molar-refractivity contribution in [2.24, 2.45) is 0 Å². The second-order valence-electron chi connectivity index (χ2n) is 5.22. The highest BCUT2D eigenvalue weighted by Crippen LogP contribution is 2.29. The lowest BCUT2D eigenvalue weighted by Gasteiger charge is -2.06. The van der Waals surface area contributed by atoms with E-state index in [1.54, 1.807) is 17.5 Å². The van der Waals surface area contributed by atoms with Crippen LogP contribution in [0.3, 0.4) is 0 Å². The van der Waals surface area contributed by atoms with Crippen LogP contribution in [0, 0.1) is 5.82 Å². The van der Waals surface area contributed by atoms with E-state index >= 15 is 0 Å². The fourth-order valence-corrected chi connectivity index (χ4v) is 3.00. The molecular formula is C18H15FN2O4S. The normalized spacial score (nSPS) is 10.4. The zero-order valence-electron chi connectivity index (χ0n) is 13.9. The van der Waals surface area contributed by atoms with Crippen molar-refractivity contribution in [2.45, 2.75) is 0 Å². The van der Waals surface area contributed by atoms with Gasteiger partial charge in [-0.25, -0.2) is 9.37 Å². The van der Waals surface area contributed by atoms with Crippen LogP contribution >= 0.6 is 11.3 Å². The maximum atomic E-state index is 13.8. The Kier molecular flexibility index (Phi) is 5.04. The Labute approximate surface area is 152 Å². The number of carbonyl (C=O) groups is 1. The average molecular weight is 374 g/mol. The zero-order chi connectivity index (χ0) is 18.7. The third-order valence-electron chi connectivity index (χ3n) is 3.62. The number of anilines is 1. The Morgan fingerprint density at radius 2 is 2.00 bits per heavy atom. The van der Waals surface area contributed by atoms with E-state index in [-0.39, 0.29) is 17.1 Å². The third-order valence-corrected chi connectivity index (χ3v) is 4.38. The molecule has 1 amide bonds. The number of ether oxygens (including phenoxy) is 2. The molecule has 0 atom stereocenters. The standard InChI is InChI=1S/C18H15FN2O4S/c1-24-11-4-5-12(15(22)8-11)17(23)21-18-20-14(9-26-18)10-3-6-16(25-2)13(19)7-10/h3-9,22H,1-2H3,(H,20,21,23). The van der Waals surface area contributed by atoms with Crippen molar-refractivity contribution in [1.82, 2.24) is 4.98 Å². The predicted octanol–water partition coefficient (Wildman–Crippen LogP) is 3.92. The third kappa shape index (κ3) is 3.60. The Hall–Kier alpha value is -3.13. The lowest BCUT2D eigenvalue weighted by atomic mass is 10.1. The summed E-state index contributed by atoms with van der Waals surface area (Å²) in [6.45, 7) is 0. The second kappa shape index (κ2) is 7.40. The van der Waals surface area contributed by atoms with E-state index in [4.69, 9.17) is 9.47 Å². The topological polar surface area (TPSA) is 80.7 Å². The number of phenolic OH excluding ortho intramolecular Hbond substituents is 1. The van der Waals surface area contributed by atoms with Crippen LogP contribution in [-0.4, -0.2) is 30.2 Å². The maximum absolute atomic E-state index is 13.8. The van der Waals surface area contributed by atoms with E-state index in [9.17, 15) is 14.3 Å². The molecule has 0 fully saturated rings. The van der Waals surface area contributed by atoms with Crippen molar-refractivity contribution in [3.05, 3.63) is 53.2 Å². The number of halogens is 1. The van der Waals surface area contributed by atoms with Crippen LogP contribution in [0.15, 0.2) is 41.8 Å². The Morgan fingerprint density at radius 1 is 1.19 bits per heavy atom. The molecule has 6 nitrogen and oxygen atoms in total. The number of aromatic nitrogens is 1. The second-order valence-corrected chi connectivity index (χ2v) is 6.08. The summed E-state index contributed by atoms with van der Waals surface area (Å²) in [6.07, 6.45) is 0. The minimum absolute atomic E-state index is 0.0954. The van der Waals surface area contributed by atoms with Crippen molar-refractivity contribution >= 4 is 22.4 Å². The van der Waals surface area contributed by atoms with Crippen molar-refractivity contribution in [3.8, 4) is 28.5 Å². The number of amides is 1. The minimum atomic E-state index is -0.507. The molecule has 3 rings (SSSR count). The first-order valence-corrected chi connectivity index (χ1v) is 8.37. The van der Waals surface area contributed by atoms with Gasteiger partial charge in [0.2, 0.25) is 0 Å². The summed E-state index contributed by atoms with van der Waals surface area (Å²) in [5.41, 5.74) is 1.18. The van der Waals surface area contributed by atoms with Crippen LogP contribution in [0.2, 0.25) is 0 Å². The lowest BCUT2D eigenvalue weighted by molar-refractivity contribution is 0.102. The molecule has 0 radical (unpaired) electrons. The Balaban J connectivity index is 1.78. The Bertz CT molecular complexity index is 958. The van der Waals surface area contributed by atoms with Crippen LogP contribution in [0.5, 0.6) is 17.2 Å². The molecule has 0 aliphatic heterocycles. The van der Waals surface area contributed by atoms with Gasteiger partial charge in [0.1, 0.15) is 11.5 Å². The number of hydrogen-bond acceptors (Lipinski definition) is 6. The first kappa shape index (κ1) is 17.7. The van der Waals surface area contributed by atoms with Crippen LogP contribution < -0.4 is 14.8 Å². The van der Waals surface area contributed by atoms with E-state index in [1.165, 1.54) is 49.8 Å². The monoisotopic (exact) mass is 374 g/mol. The summed E-state index contributed by atoms with van der Waals surface area (Å²) >= 11 is 1.19. The van der Waals surface area contributed by atoms with E-state index in [2.05, 4.69) is 10.3 Å². The molecule has 1 aromatic heterocycles. The van der Waals surface area contributed by atoms with Gasteiger partial charge in [-0.15, -0.1) is 11.3 Å². The molecule has 134 valence electrons. The first-order valence-electron chi connectivity index (χ1n) is 7.49. The number of phenols is 1. The number of benzene rings is 2. The van der Waals surface area contributed by atoms with E-state index < -0.39 is 11.7 Å². The van der Waals surface area contributed by atoms with E-state index in [0.717, 1.165) is 0 Å². The van der Waals surface area contributed by atoms with E-state index in [1.807, 2.05) is 0 Å². The number of methoxy groups -OCH3 is 2. The summed E-state index contributed by atoms with van der Waals surface area (Å²) in [5.74, 6) is -0.612. The molecule has 0 bridgehead atoms. The van der Waals surface area contributed by atoms with Gasteiger partial charge in [0.15, 0.2) is 16.7 Å². The molecular weight excluding hydrogens is 359 g/mol.